The van der Waals surface area contributed by atoms with Gasteiger partial charge in [-0.1, -0.05) is 41.5 Å². The van der Waals surface area contributed by atoms with E-state index in [0.29, 0.717) is 36.0 Å². The first-order chi connectivity index (χ1) is 14.9. The Morgan fingerprint density at radius 3 is 2.21 bits per heavy atom. The third-order valence-corrected chi connectivity index (χ3v) is 16.7. The van der Waals surface area contributed by atoms with Gasteiger partial charge in [-0.05, 0) is 36.3 Å². The van der Waals surface area contributed by atoms with E-state index in [0.717, 1.165) is 0 Å². The lowest BCUT2D eigenvalue weighted by atomic mass is 10.2. The molecule has 3 atom stereocenters. The van der Waals surface area contributed by atoms with Crippen LogP contribution in [0, 0.1) is 0 Å². The minimum absolute atomic E-state index is 0.0817. The molecule has 1 saturated heterocycles. The van der Waals surface area contributed by atoms with Crippen LogP contribution in [0.4, 0.5) is 11.8 Å². The van der Waals surface area contributed by atoms with Crippen molar-refractivity contribution in [3.05, 3.63) is 6.33 Å². The molecule has 2 aromatic heterocycles. The highest BCUT2D eigenvalue weighted by Gasteiger charge is 2.47. The quantitative estimate of drug-likeness (QED) is 0.554. The van der Waals surface area contributed by atoms with Crippen LogP contribution in [0.5, 0.6) is 0 Å². The van der Waals surface area contributed by atoms with Crippen LogP contribution in [0.3, 0.4) is 0 Å². The molecule has 11 heteroatoms. The van der Waals surface area contributed by atoms with E-state index in [2.05, 4.69) is 82.7 Å². The average molecular weight is 495 g/mol. The second kappa shape index (κ2) is 8.60. The summed E-state index contributed by atoms with van der Waals surface area (Å²) in [4.78, 5) is 12.8. The fourth-order valence-corrected chi connectivity index (χ4v) is 5.79. The Morgan fingerprint density at radius 2 is 1.64 bits per heavy atom. The van der Waals surface area contributed by atoms with Crippen molar-refractivity contribution in [2.45, 2.75) is 103 Å². The van der Waals surface area contributed by atoms with Gasteiger partial charge in [0.05, 0.1) is 12.7 Å². The molecule has 0 aromatic carbocycles. The molecule has 9 nitrogen and oxygen atoms in total. The second-order valence-corrected chi connectivity index (χ2v) is 21.7. The summed E-state index contributed by atoms with van der Waals surface area (Å²) in [5.41, 5.74) is 13.3. The van der Waals surface area contributed by atoms with Gasteiger partial charge in [0.2, 0.25) is 5.95 Å². The molecule has 0 bridgehead atoms. The standard InChI is InChI=1S/C22H42N6O3Si2/c1-21(2,3)32(7,8)29-12-15-14(31-33(9,10)22(4,5)6)11-16(30-15)28-19-17(27-20(28)24)18(23)25-13-26-19/h13-16H,11-12H2,1-10H3,(H2,24,27)(H2,23,25,26)/t14-,15+,16+/m0/s1. The maximum Gasteiger partial charge on any atom is 0.204 e. The summed E-state index contributed by atoms with van der Waals surface area (Å²) in [6.45, 7) is 23.0. The molecular formula is C22H42N6O3Si2. The average Bonchev–Trinajstić information content (AvgIpc) is 3.18. The third-order valence-electron chi connectivity index (χ3n) is 7.67. The normalized spacial score (nSPS) is 22.9. The zero-order valence-corrected chi connectivity index (χ0v) is 23.9. The van der Waals surface area contributed by atoms with E-state index in [1.807, 2.05) is 4.57 Å². The van der Waals surface area contributed by atoms with Gasteiger partial charge in [-0.2, -0.15) is 0 Å². The molecule has 0 spiro atoms. The van der Waals surface area contributed by atoms with Gasteiger partial charge in [-0.15, -0.1) is 0 Å². The predicted molar refractivity (Wildman–Crippen MR) is 138 cm³/mol. The second-order valence-electron chi connectivity index (χ2n) is 12.1. The molecule has 0 radical (unpaired) electrons. The van der Waals surface area contributed by atoms with E-state index < -0.39 is 16.6 Å². The fourth-order valence-electron chi connectivity index (χ4n) is 3.42. The van der Waals surface area contributed by atoms with E-state index >= 15 is 0 Å². The van der Waals surface area contributed by atoms with Crippen LogP contribution in [0.15, 0.2) is 6.33 Å². The Kier molecular flexibility index (Phi) is 6.79. The van der Waals surface area contributed by atoms with Gasteiger partial charge in [0.1, 0.15) is 18.7 Å². The van der Waals surface area contributed by atoms with Crippen LogP contribution in [0.25, 0.3) is 11.2 Å². The highest BCUT2D eigenvalue weighted by molar-refractivity contribution is 6.74. The number of aromatic nitrogens is 4. The maximum absolute atomic E-state index is 6.85. The summed E-state index contributed by atoms with van der Waals surface area (Å²) < 4.78 is 21.8. The van der Waals surface area contributed by atoms with Crippen LogP contribution in [0.1, 0.15) is 54.2 Å². The van der Waals surface area contributed by atoms with Gasteiger partial charge in [0.25, 0.3) is 0 Å². The van der Waals surface area contributed by atoms with E-state index in [4.69, 9.17) is 25.1 Å². The molecule has 3 heterocycles. The first-order valence-corrected chi connectivity index (χ1v) is 17.5. The lowest BCUT2D eigenvalue weighted by Crippen LogP contribution is -2.48. The molecule has 0 amide bonds. The van der Waals surface area contributed by atoms with Crippen molar-refractivity contribution in [1.82, 2.24) is 19.5 Å². The van der Waals surface area contributed by atoms with Crippen LogP contribution < -0.4 is 11.5 Å². The fraction of sp³-hybridized carbons (Fsp3) is 0.773. The van der Waals surface area contributed by atoms with E-state index in [-0.39, 0.29) is 28.5 Å². The summed E-state index contributed by atoms with van der Waals surface area (Å²) >= 11 is 0. The highest BCUT2D eigenvalue weighted by Crippen LogP contribution is 2.43. The molecule has 4 N–H and O–H groups in total. The van der Waals surface area contributed by atoms with Crippen molar-refractivity contribution >= 4 is 39.6 Å². The number of hydrogen-bond donors (Lipinski definition) is 2. The Bertz CT molecular complexity index is 996. The molecule has 0 unspecified atom stereocenters. The van der Waals surface area contributed by atoms with Crippen molar-refractivity contribution < 1.29 is 13.6 Å². The minimum atomic E-state index is -2.04. The third kappa shape index (κ3) is 5.12. The Morgan fingerprint density at radius 1 is 1.03 bits per heavy atom. The highest BCUT2D eigenvalue weighted by atomic mass is 28.4. The van der Waals surface area contributed by atoms with E-state index in [1.165, 1.54) is 6.33 Å². The number of rotatable bonds is 6. The predicted octanol–water partition coefficient (Wildman–Crippen LogP) is 4.69. The molecule has 186 valence electrons. The molecule has 1 aliphatic heterocycles. The molecule has 1 fully saturated rings. The van der Waals surface area contributed by atoms with Gasteiger partial charge in [-0.3, -0.25) is 4.57 Å². The van der Waals surface area contributed by atoms with Gasteiger partial charge >= 0.3 is 0 Å². The SMILES string of the molecule is CC(C)(C)[Si](C)(C)OC[C@H]1O[C@@H](n2c(N)nc3c(N)ncnc32)C[C@@H]1O[Si](C)(C)C(C)(C)C. The Balaban J connectivity index is 1.92. The molecule has 0 aliphatic carbocycles. The van der Waals surface area contributed by atoms with Gasteiger partial charge in [-0.25, -0.2) is 15.0 Å². The van der Waals surface area contributed by atoms with Crippen LogP contribution >= 0.6 is 0 Å². The van der Waals surface area contributed by atoms with Crippen molar-refractivity contribution in [2.24, 2.45) is 0 Å². The van der Waals surface area contributed by atoms with Gasteiger partial charge < -0.3 is 25.1 Å². The summed E-state index contributed by atoms with van der Waals surface area (Å²) in [7, 11) is -3.99. The van der Waals surface area contributed by atoms with Gasteiger partial charge in [0, 0.05) is 6.42 Å². The lowest BCUT2D eigenvalue weighted by Gasteiger charge is -2.40. The van der Waals surface area contributed by atoms with Crippen LogP contribution in [-0.4, -0.2) is 55.0 Å². The number of imidazole rings is 1. The van der Waals surface area contributed by atoms with Crippen LogP contribution in [-0.2, 0) is 13.6 Å². The number of nitrogens with two attached hydrogens (primary N) is 2. The molecule has 0 saturated carbocycles. The van der Waals surface area contributed by atoms with Crippen molar-refractivity contribution in [3.8, 4) is 0 Å². The first-order valence-electron chi connectivity index (χ1n) is 11.7. The summed E-state index contributed by atoms with van der Waals surface area (Å²) in [5, 5.41) is 0.193. The number of fused-ring (bicyclic) bond motifs is 1. The molecule has 33 heavy (non-hydrogen) atoms. The van der Waals surface area contributed by atoms with E-state index in [1.54, 1.807) is 0 Å². The Labute approximate surface area is 199 Å². The lowest BCUT2D eigenvalue weighted by molar-refractivity contribution is -0.0376. The zero-order chi connectivity index (χ0) is 25.0. The molecule has 3 rings (SSSR count). The van der Waals surface area contributed by atoms with E-state index in [9.17, 15) is 0 Å². The van der Waals surface area contributed by atoms with Crippen molar-refractivity contribution in [1.29, 1.82) is 0 Å². The van der Waals surface area contributed by atoms with Crippen LogP contribution in [0.2, 0.25) is 36.3 Å². The summed E-state index contributed by atoms with van der Waals surface area (Å²) in [6, 6.07) is 0. The Hall–Kier alpha value is -1.54. The summed E-state index contributed by atoms with van der Waals surface area (Å²) in [5.74, 6) is 0.606. The molecule has 2 aromatic rings. The smallest absolute Gasteiger partial charge is 0.204 e. The number of nitrogens with zero attached hydrogens (tertiary/aromatic N) is 4. The largest absolute Gasteiger partial charge is 0.414 e. The topological polar surface area (TPSA) is 123 Å². The van der Waals surface area contributed by atoms with Gasteiger partial charge in [0.15, 0.2) is 33.6 Å². The monoisotopic (exact) mass is 494 g/mol. The number of ether oxygens (including phenoxy) is 1. The molecular weight excluding hydrogens is 452 g/mol. The first kappa shape index (κ1) is 26.1. The number of nitrogen functional groups attached to an aromatic ring is 2. The minimum Gasteiger partial charge on any atom is -0.414 e. The molecule has 1 aliphatic rings. The zero-order valence-electron chi connectivity index (χ0n) is 21.9. The number of anilines is 2. The maximum atomic E-state index is 6.85. The summed E-state index contributed by atoms with van der Waals surface area (Å²) in [6.07, 6.45) is 1.36. The van der Waals surface area contributed by atoms with Crippen molar-refractivity contribution in [2.75, 3.05) is 18.1 Å². The number of hydrogen-bond acceptors (Lipinski definition) is 8. The van der Waals surface area contributed by atoms with Crippen molar-refractivity contribution in [3.63, 3.8) is 0 Å².